The van der Waals surface area contributed by atoms with Crippen molar-refractivity contribution in [1.82, 2.24) is 10.6 Å². The molecule has 0 saturated carbocycles. The number of ether oxygens (including phenoxy) is 1. The van der Waals surface area contributed by atoms with Crippen molar-refractivity contribution in [2.45, 2.75) is 26.3 Å². The van der Waals surface area contributed by atoms with Gasteiger partial charge in [0.25, 0.3) is 5.91 Å². The second-order valence-electron chi connectivity index (χ2n) is 6.69. The Morgan fingerprint density at radius 2 is 1.75 bits per heavy atom. The van der Waals surface area contributed by atoms with Crippen molar-refractivity contribution in [2.24, 2.45) is 5.92 Å². The van der Waals surface area contributed by atoms with E-state index in [1.807, 2.05) is 38.1 Å². The van der Waals surface area contributed by atoms with Crippen molar-refractivity contribution in [3.05, 3.63) is 65.2 Å². The molecule has 0 spiro atoms. The highest BCUT2D eigenvalue weighted by molar-refractivity contribution is 5.94. The van der Waals surface area contributed by atoms with E-state index in [1.54, 1.807) is 7.11 Å². The predicted octanol–water partition coefficient (Wildman–Crippen LogP) is 3.61. The van der Waals surface area contributed by atoms with E-state index < -0.39 is 17.5 Å². The quantitative estimate of drug-likeness (QED) is 0.724. The lowest BCUT2D eigenvalue weighted by atomic mass is 9.96. The minimum atomic E-state index is -0.943. The number of halogens is 2. The van der Waals surface area contributed by atoms with E-state index >= 15 is 0 Å². The molecule has 0 heterocycles. The molecule has 0 aromatic heterocycles. The Morgan fingerprint density at radius 1 is 1.07 bits per heavy atom. The third-order valence-electron chi connectivity index (χ3n) is 4.27. The van der Waals surface area contributed by atoms with E-state index in [4.69, 9.17) is 4.74 Å². The fourth-order valence-electron chi connectivity index (χ4n) is 2.75. The van der Waals surface area contributed by atoms with E-state index in [0.29, 0.717) is 6.07 Å². The van der Waals surface area contributed by atoms with Crippen LogP contribution in [0.3, 0.4) is 0 Å². The Balaban J connectivity index is 1.89. The van der Waals surface area contributed by atoms with E-state index in [0.717, 1.165) is 23.4 Å². The first-order valence-electron chi connectivity index (χ1n) is 8.98. The van der Waals surface area contributed by atoms with E-state index in [-0.39, 0.29) is 36.4 Å². The number of hydrogen-bond acceptors (Lipinski definition) is 3. The van der Waals surface area contributed by atoms with Crippen molar-refractivity contribution in [1.29, 1.82) is 0 Å². The van der Waals surface area contributed by atoms with Gasteiger partial charge in [-0.05, 0) is 35.7 Å². The van der Waals surface area contributed by atoms with Crippen LogP contribution in [-0.4, -0.2) is 25.5 Å². The van der Waals surface area contributed by atoms with Gasteiger partial charge in [0, 0.05) is 19.0 Å². The third kappa shape index (κ3) is 5.77. The Labute approximate surface area is 163 Å². The molecule has 0 saturated heterocycles. The smallest absolute Gasteiger partial charge is 0.254 e. The topological polar surface area (TPSA) is 67.4 Å². The molecule has 0 aliphatic carbocycles. The maximum absolute atomic E-state index is 13.6. The number of benzene rings is 2. The fourth-order valence-corrected chi connectivity index (χ4v) is 2.75. The lowest BCUT2D eigenvalue weighted by molar-refractivity contribution is -0.122. The Hall–Kier alpha value is -2.96. The van der Waals surface area contributed by atoms with E-state index in [2.05, 4.69) is 10.6 Å². The maximum Gasteiger partial charge on any atom is 0.254 e. The molecule has 2 aromatic rings. The SMILES string of the molecule is COc1ccc(C(NC(=O)CCNC(=O)c2ccc(F)cc2F)C(C)C)cc1. The number of rotatable bonds is 8. The van der Waals surface area contributed by atoms with Gasteiger partial charge in [-0.25, -0.2) is 8.78 Å². The normalized spacial score (nSPS) is 11.8. The third-order valence-corrected chi connectivity index (χ3v) is 4.27. The lowest BCUT2D eigenvalue weighted by Gasteiger charge is -2.23. The van der Waals surface area contributed by atoms with E-state index in [1.165, 1.54) is 0 Å². The van der Waals surface area contributed by atoms with Crippen molar-refractivity contribution >= 4 is 11.8 Å². The molecular formula is C21H24F2N2O3. The van der Waals surface area contributed by atoms with Crippen LogP contribution in [0.2, 0.25) is 0 Å². The molecule has 2 rings (SSSR count). The molecule has 2 aromatic carbocycles. The predicted molar refractivity (Wildman–Crippen MR) is 102 cm³/mol. The first-order valence-corrected chi connectivity index (χ1v) is 8.98. The number of methoxy groups -OCH3 is 1. The van der Waals surface area contributed by atoms with Gasteiger partial charge in [0.1, 0.15) is 17.4 Å². The van der Waals surface area contributed by atoms with Gasteiger partial charge in [-0.15, -0.1) is 0 Å². The fraction of sp³-hybridized carbons (Fsp3) is 0.333. The number of nitrogens with one attached hydrogen (secondary N) is 2. The van der Waals surface area contributed by atoms with Crippen LogP contribution in [0, 0.1) is 17.6 Å². The number of hydrogen-bond donors (Lipinski definition) is 2. The van der Waals surface area contributed by atoms with Crippen LogP contribution in [0.4, 0.5) is 8.78 Å². The van der Waals surface area contributed by atoms with Crippen molar-refractivity contribution < 1.29 is 23.1 Å². The summed E-state index contributed by atoms with van der Waals surface area (Å²) in [6.07, 6.45) is 0.0356. The summed E-state index contributed by atoms with van der Waals surface area (Å²) >= 11 is 0. The molecule has 7 heteroatoms. The van der Waals surface area contributed by atoms with Crippen LogP contribution in [0.1, 0.15) is 42.2 Å². The Kier molecular flexibility index (Phi) is 7.49. The Bertz CT molecular complexity index is 823. The molecule has 5 nitrogen and oxygen atoms in total. The van der Waals surface area contributed by atoms with Crippen molar-refractivity contribution in [3.63, 3.8) is 0 Å². The highest BCUT2D eigenvalue weighted by atomic mass is 19.1. The molecule has 1 unspecified atom stereocenters. The first kappa shape index (κ1) is 21.3. The molecule has 2 N–H and O–H groups in total. The Morgan fingerprint density at radius 3 is 2.32 bits per heavy atom. The summed E-state index contributed by atoms with van der Waals surface area (Å²) in [4.78, 5) is 24.2. The van der Waals surface area contributed by atoms with Crippen LogP contribution >= 0.6 is 0 Å². The minimum absolute atomic E-state index is 0.0356. The lowest BCUT2D eigenvalue weighted by Crippen LogP contribution is -2.35. The first-order chi connectivity index (χ1) is 13.3. The zero-order valence-corrected chi connectivity index (χ0v) is 16.1. The average Bonchev–Trinajstić information content (AvgIpc) is 2.66. The van der Waals surface area contributed by atoms with Gasteiger partial charge >= 0.3 is 0 Å². The van der Waals surface area contributed by atoms with Crippen LogP contribution < -0.4 is 15.4 Å². The van der Waals surface area contributed by atoms with Crippen molar-refractivity contribution in [2.75, 3.05) is 13.7 Å². The zero-order chi connectivity index (χ0) is 20.7. The molecule has 0 fully saturated rings. The van der Waals surface area contributed by atoms with Crippen LogP contribution in [0.15, 0.2) is 42.5 Å². The molecule has 0 aliphatic heterocycles. The van der Waals surface area contributed by atoms with Crippen molar-refractivity contribution in [3.8, 4) is 5.75 Å². The molecule has 28 heavy (non-hydrogen) atoms. The zero-order valence-electron chi connectivity index (χ0n) is 16.1. The molecular weight excluding hydrogens is 366 g/mol. The second kappa shape index (κ2) is 9.82. The van der Waals surface area contributed by atoms with Gasteiger partial charge in [-0.3, -0.25) is 9.59 Å². The molecule has 0 bridgehead atoms. The summed E-state index contributed by atoms with van der Waals surface area (Å²) in [5, 5.41) is 5.42. The van der Waals surface area contributed by atoms with Gasteiger partial charge < -0.3 is 15.4 Å². The summed E-state index contributed by atoms with van der Waals surface area (Å²) in [7, 11) is 1.59. The van der Waals surface area contributed by atoms with Gasteiger partial charge in [-0.2, -0.15) is 0 Å². The van der Waals surface area contributed by atoms with Gasteiger partial charge in [0.2, 0.25) is 5.91 Å². The highest BCUT2D eigenvalue weighted by Crippen LogP contribution is 2.24. The monoisotopic (exact) mass is 390 g/mol. The largest absolute Gasteiger partial charge is 0.497 e. The highest BCUT2D eigenvalue weighted by Gasteiger charge is 2.19. The number of carbonyl (C=O) groups is 2. The molecule has 150 valence electrons. The number of carbonyl (C=O) groups excluding carboxylic acids is 2. The minimum Gasteiger partial charge on any atom is -0.497 e. The molecule has 2 amide bonds. The van der Waals surface area contributed by atoms with Crippen LogP contribution in [0.25, 0.3) is 0 Å². The van der Waals surface area contributed by atoms with Gasteiger partial charge in [0.15, 0.2) is 0 Å². The second-order valence-corrected chi connectivity index (χ2v) is 6.69. The summed E-state index contributed by atoms with van der Waals surface area (Å²) in [5.41, 5.74) is 0.682. The van der Waals surface area contributed by atoms with Gasteiger partial charge in [-0.1, -0.05) is 26.0 Å². The van der Waals surface area contributed by atoms with Crippen LogP contribution in [-0.2, 0) is 4.79 Å². The standard InChI is InChI=1S/C21H24F2N2O3/c1-13(2)20(14-4-7-16(28-3)8-5-14)25-19(26)10-11-24-21(27)17-9-6-15(22)12-18(17)23/h4-9,12-13,20H,10-11H2,1-3H3,(H,24,27)(H,25,26). The average molecular weight is 390 g/mol. The molecule has 0 aliphatic rings. The number of amides is 2. The summed E-state index contributed by atoms with van der Waals surface area (Å²) in [6.45, 7) is 4.03. The summed E-state index contributed by atoms with van der Waals surface area (Å²) in [5.74, 6) is -1.75. The molecule has 1 atom stereocenters. The molecule has 0 radical (unpaired) electrons. The van der Waals surface area contributed by atoms with Gasteiger partial charge in [0.05, 0.1) is 18.7 Å². The maximum atomic E-state index is 13.6. The van der Waals surface area contributed by atoms with E-state index in [9.17, 15) is 18.4 Å². The summed E-state index contributed by atoms with van der Waals surface area (Å²) in [6, 6.07) is 9.97. The summed E-state index contributed by atoms with van der Waals surface area (Å²) < 4.78 is 31.6. The van der Waals surface area contributed by atoms with Crippen LogP contribution in [0.5, 0.6) is 5.75 Å².